The monoisotopic (exact) mass is 247 g/mol. The van der Waals surface area contributed by atoms with Crippen molar-refractivity contribution < 1.29 is 15.0 Å². The maximum absolute atomic E-state index is 11.4. The summed E-state index contributed by atoms with van der Waals surface area (Å²) in [4.78, 5) is 15.0. The smallest absolute Gasteiger partial charge is 0.308 e. The number of amides is 1. The number of carbonyl (C=O) groups is 1. The van der Waals surface area contributed by atoms with Crippen LogP contribution in [0.25, 0.3) is 0 Å². The Morgan fingerprint density at radius 2 is 2.22 bits per heavy atom. The Labute approximate surface area is 101 Å². The largest absolute Gasteiger partial charge is 0.504 e. The number of hydrogen-bond acceptors (Lipinski definition) is 6. The van der Waals surface area contributed by atoms with Gasteiger partial charge >= 0.3 is 5.91 Å². The Morgan fingerprint density at radius 1 is 1.39 bits per heavy atom. The Morgan fingerprint density at radius 3 is 2.89 bits per heavy atom. The summed E-state index contributed by atoms with van der Waals surface area (Å²) in [6.45, 7) is 0. The third-order valence-electron chi connectivity index (χ3n) is 2.01. The molecule has 1 heterocycles. The molecular weight excluding hydrogens is 238 g/mol. The van der Waals surface area contributed by atoms with Gasteiger partial charge in [-0.05, 0) is 23.8 Å². The number of carbonyl (C=O) groups excluding carboxylic acids is 1. The molecule has 8 heteroatoms. The van der Waals surface area contributed by atoms with Crippen molar-refractivity contribution in [3.8, 4) is 11.5 Å². The lowest BCUT2D eigenvalue weighted by molar-refractivity contribution is 0.0945. The summed E-state index contributed by atoms with van der Waals surface area (Å²) in [6.07, 6.45) is 2.52. The average Bonchev–Trinajstić information content (AvgIpc) is 2.87. The van der Waals surface area contributed by atoms with Gasteiger partial charge in [0.2, 0.25) is 5.82 Å². The van der Waals surface area contributed by atoms with Crippen LogP contribution >= 0.6 is 0 Å². The second-order valence-corrected chi connectivity index (χ2v) is 3.28. The van der Waals surface area contributed by atoms with Gasteiger partial charge < -0.3 is 10.2 Å². The SMILES string of the molecule is O=C(N/N=C/c1ccc(O)c(O)c1)c1ncn[nH]1. The van der Waals surface area contributed by atoms with Crippen molar-refractivity contribution in [1.82, 2.24) is 20.6 Å². The minimum atomic E-state index is -0.535. The predicted molar refractivity (Wildman–Crippen MR) is 61.2 cm³/mol. The fourth-order valence-corrected chi connectivity index (χ4v) is 1.15. The molecule has 0 saturated heterocycles. The first-order valence-electron chi connectivity index (χ1n) is 4.87. The Bertz CT molecular complexity index is 579. The lowest BCUT2D eigenvalue weighted by Gasteiger charge is -1.98. The highest BCUT2D eigenvalue weighted by molar-refractivity contribution is 5.91. The van der Waals surface area contributed by atoms with E-state index in [-0.39, 0.29) is 17.3 Å². The van der Waals surface area contributed by atoms with Gasteiger partial charge in [0, 0.05) is 0 Å². The molecule has 0 aliphatic heterocycles. The van der Waals surface area contributed by atoms with Gasteiger partial charge in [0.25, 0.3) is 0 Å². The van der Waals surface area contributed by atoms with Gasteiger partial charge in [-0.1, -0.05) is 0 Å². The fourth-order valence-electron chi connectivity index (χ4n) is 1.15. The molecule has 0 unspecified atom stereocenters. The van der Waals surface area contributed by atoms with Gasteiger partial charge in [0.15, 0.2) is 11.5 Å². The zero-order valence-corrected chi connectivity index (χ0v) is 9.03. The van der Waals surface area contributed by atoms with Crippen LogP contribution in [0.1, 0.15) is 16.2 Å². The molecule has 0 atom stereocenters. The number of aromatic nitrogens is 3. The zero-order chi connectivity index (χ0) is 13.0. The first-order valence-corrected chi connectivity index (χ1v) is 4.87. The fraction of sp³-hybridized carbons (Fsp3) is 0. The molecule has 92 valence electrons. The number of phenols is 2. The number of rotatable bonds is 3. The van der Waals surface area contributed by atoms with Crippen LogP contribution in [0, 0.1) is 0 Å². The van der Waals surface area contributed by atoms with Gasteiger partial charge in [-0.15, -0.1) is 0 Å². The molecule has 1 amide bonds. The third kappa shape index (κ3) is 2.61. The summed E-state index contributed by atoms with van der Waals surface area (Å²) >= 11 is 0. The second kappa shape index (κ2) is 4.95. The van der Waals surface area contributed by atoms with E-state index >= 15 is 0 Å². The molecule has 4 N–H and O–H groups in total. The summed E-state index contributed by atoms with van der Waals surface area (Å²) in [5, 5.41) is 27.9. The van der Waals surface area contributed by atoms with E-state index < -0.39 is 5.91 Å². The minimum absolute atomic E-state index is 0.0423. The van der Waals surface area contributed by atoms with Crippen LogP contribution in [0.2, 0.25) is 0 Å². The first kappa shape index (κ1) is 11.6. The number of benzene rings is 1. The molecule has 0 aliphatic rings. The topological polar surface area (TPSA) is 123 Å². The van der Waals surface area contributed by atoms with E-state index in [0.717, 1.165) is 0 Å². The quantitative estimate of drug-likeness (QED) is 0.345. The van der Waals surface area contributed by atoms with Crippen LogP contribution in [0.15, 0.2) is 29.6 Å². The van der Waals surface area contributed by atoms with Crippen molar-refractivity contribution in [3.63, 3.8) is 0 Å². The summed E-state index contributed by atoms with van der Waals surface area (Å²) in [5.74, 6) is -0.981. The van der Waals surface area contributed by atoms with E-state index in [1.54, 1.807) is 0 Å². The number of aromatic amines is 1. The lowest BCUT2D eigenvalue weighted by Crippen LogP contribution is -2.19. The number of hydrazone groups is 1. The molecule has 0 spiro atoms. The first-order chi connectivity index (χ1) is 8.66. The maximum atomic E-state index is 11.4. The lowest BCUT2D eigenvalue weighted by atomic mass is 10.2. The van der Waals surface area contributed by atoms with Gasteiger partial charge in [0.05, 0.1) is 6.21 Å². The standard InChI is InChI=1S/C10H9N5O3/c16-7-2-1-6(3-8(7)17)4-12-15-10(18)9-11-5-13-14-9/h1-5,16-17H,(H,15,18)(H,11,13,14)/b12-4+. The molecule has 2 aromatic rings. The van der Waals surface area contributed by atoms with Crippen LogP contribution < -0.4 is 5.43 Å². The summed E-state index contributed by atoms with van der Waals surface area (Å²) in [7, 11) is 0. The van der Waals surface area contributed by atoms with Gasteiger partial charge in [0.1, 0.15) is 6.33 Å². The maximum Gasteiger partial charge on any atom is 0.308 e. The molecule has 0 radical (unpaired) electrons. The molecule has 18 heavy (non-hydrogen) atoms. The number of phenolic OH excluding ortho intramolecular Hbond substituents is 2. The highest BCUT2D eigenvalue weighted by Crippen LogP contribution is 2.23. The van der Waals surface area contributed by atoms with Crippen LogP contribution in [0.4, 0.5) is 0 Å². The molecule has 0 bridgehead atoms. The van der Waals surface area contributed by atoms with Crippen molar-refractivity contribution in [2.75, 3.05) is 0 Å². The van der Waals surface area contributed by atoms with Crippen LogP contribution in [-0.2, 0) is 0 Å². The van der Waals surface area contributed by atoms with Crippen LogP contribution in [0.5, 0.6) is 11.5 Å². The Hall–Kier alpha value is -2.90. The van der Waals surface area contributed by atoms with Gasteiger partial charge in [-0.3, -0.25) is 9.89 Å². The number of aromatic hydroxyl groups is 2. The highest BCUT2D eigenvalue weighted by Gasteiger charge is 2.06. The molecule has 0 saturated carbocycles. The average molecular weight is 247 g/mol. The molecule has 0 fully saturated rings. The summed E-state index contributed by atoms with van der Waals surface area (Å²) in [5.41, 5.74) is 2.74. The molecule has 1 aromatic heterocycles. The van der Waals surface area contributed by atoms with Crippen molar-refractivity contribution >= 4 is 12.1 Å². The van der Waals surface area contributed by atoms with Crippen molar-refractivity contribution in [1.29, 1.82) is 0 Å². The van der Waals surface area contributed by atoms with Gasteiger partial charge in [-0.25, -0.2) is 10.4 Å². The number of nitrogens with zero attached hydrogens (tertiary/aromatic N) is 3. The van der Waals surface area contributed by atoms with E-state index in [1.807, 2.05) is 0 Å². The minimum Gasteiger partial charge on any atom is -0.504 e. The Kier molecular flexibility index (Phi) is 3.19. The zero-order valence-electron chi connectivity index (χ0n) is 9.03. The highest BCUT2D eigenvalue weighted by atomic mass is 16.3. The predicted octanol–water partition coefficient (Wildman–Crippen LogP) is -0.0202. The van der Waals surface area contributed by atoms with Crippen molar-refractivity contribution in [3.05, 3.63) is 35.9 Å². The van der Waals surface area contributed by atoms with Gasteiger partial charge in [-0.2, -0.15) is 10.2 Å². The van der Waals surface area contributed by atoms with Crippen molar-refractivity contribution in [2.45, 2.75) is 0 Å². The third-order valence-corrected chi connectivity index (χ3v) is 2.01. The number of H-pyrrole nitrogens is 1. The second-order valence-electron chi connectivity index (χ2n) is 3.28. The number of nitrogens with one attached hydrogen (secondary N) is 2. The molecular formula is C10H9N5O3. The van der Waals surface area contributed by atoms with E-state index in [0.29, 0.717) is 5.56 Å². The molecule has 0 aliphatic carbocycles. The van der Waals surface area contributed by atoms with E-state index in [9.17, 15) is 9.90 Å². The van der Waals surface area contributed by atoms with E-state index in [2.05, 4.69) is 25.7 Å². The van der Waals surface area contributed by atoms with Crippen LogP contribution in [-0.4, -0.2) is 37.5 Å². The van der Waals surface area contributed by atoms with E-state index in [4.69, 9.17) is 5.11 Å². The Balaban J connectivity index is 1.99. The normalized spacial score (nSPS) is 10.7. The summed E-state index contributed by atoms with van der Waals surface area (Å²) in [6, 6.07) is 4.15. The molecule has 2 rings (SSSR count). The molecule has 8 nitrogen and oxygen atoms in total. The van der Waals surface area contributed by atoms with Crippen LogP contribution in [0.3, 0.4) is 0 Å². The van der Waals surface area contributed by atoms with Crippen molar-refractivity contribution in [2.24, 2.45) is 5.10 Å². The van der Waals surface area contributed by atoms with E-state index in [1.165, 1.54) is 30.7 Å². The summed E-state index contributed by atoms with van der Waals surface area (Å²) < 4.78 is 0. The number of hydrogen-bond donors (Lipinski definition) is 4. The molecule has 1 aromatic carbocycles.